The fourth-order valence-corrected chi connectivity index (χ4v) is 2.23. The maximum atomic E-state index is 10.6. The first-order chi connectivity index (χ1) is 9.54. The number of aliphatic hydroxyl groups is 1. The lowest BCUT2D eigenvalue weighted by atomic mass is 9.99. The van der Waals surface area contributed by atoms with E-state index in [9.17, 15) is 5.11 Å². The second kappa shape index (κ2) is 6.39. The van der Waals surface area contributed by atoms with E-state index in [1.807, 2.05) is 31.2 Å². The fourth-order valence-electron chi connectivity index (χ4n) is 2.23. The quantitative estimate of drug-likeness (QED) is 0.764. The summed E-state index contributed by atoms with van der Waals surface area (Å²) in [6.45, 7) is 5.97. The normalized spacial score (nSPS) is 14.6. The van der Waals surface area contributed by atoms with Crippen LogP contribution in [-0.2, 0) is 10.3 Å². The molecule has 2 aromatic rings. The molecule has 1 heterocycles. The van der Waals surface area contributed by atoms with E-state index in [1.54, 1.807) is 14.0 Å². The minimum atomic E-state index is -0.967. The zero-order valence-electron chi connectivity index (χ0n) is 12.4. The van der Waals surface area contributed by atoms with Crippen LogP contribution in [0, 0.1) is 6.92 Å². The molecule has 0 fully saturated rings. The molecule has 0 bridgehead atoms. The SMILES string of the molecule is COCCNCCC(C)(O)c1cc2cccc(C)c2o1. The van der Waals surface area contributed by atoms with Crippen LogP contribution in [-0.4, -0.2) is 31.9 Å². The van der Waals surface area contributed by atoms with Gasteiger partial charge in [-0.05, 0) is 38.4 Å². The Balaban J connectivity index is 2.05. The third-order valence-corrected chi connectivity index (χ3v) is 3.54. The third kappa shape index (κ3) is 3.39. The Morgan fingerprint density at radius 2 is 2.15 bits per heavy atom. The van der Waals surface area contributed by atoms with Crippen molar-refractivity contribution < 1.29 is 14.3 Å². The highest BCUT2D eigenvalue weighted by Gasteiger charge is 2.27. The van der Waals surface area contributed by atoms with Gasteiger partial charge in [0.25, 0.3) is 0 Å². The molecule has 0 saturated heterocycles. The summed E-state index contributed by atoms with van der Waals surface area (Å²) in [7, 11) is 1.68. The molecule has 0 aliphatic rings. The van der Waals surface area contributed by atoms with Gasteiger partial charge in [-0.15, -0.1) is 0 Å². The van der Waals surface area contributed by atoms with Crippen LogP contribution in [0.5, 0.6) is 0 Å². The van der Waals surface area contributed by atoms with E-state index in [0.29, 0.717) is 25.3 Å². The van der Waals surface area contributed by atoms with E-state index < -0.39 is 5.60 Å². The van der Waals surface area contributed by atoms with Crippen molar-refractivity contribution >= 4 is 11.0 Å². The summed E-state index contributed by atoms with van der Waals surface area (Å²) in [6.07, 6.45) is 0.593. The molecule has 4 heteroatoms. The zero-order valence-corrected chi connectivity index (χ0v) is 12.4. The van der Waals surface area contributed by atoms with Crippen LogP contribution in [0.25, 0.3) is 11.0 Å². The van der Waals surface area contributed by atoms with Gasteiger partial charge in [0.15, 0.2) is 0 Å². The number of rotatable bonds is 7. The summed E-state index contributed by atoms with van der Waals surface area (Å²) < 4.78 is 10.8. The van der Waals surface area contributed by atoms with Crippen LogP contribution in [0.2, 0.25) is 0 Å². The first kappa shape index (κ1) is 15.0. The van der Waals surface area contributed by atoms with Crippen molar-refractivity contribution in [2.75, 3.05) is 26.8 Å². The number of para-hydroxylation sites is 1. The van der Waals surface area contributed by atoms with Crippen LogP contribution in [0.1, 0.15) is 24.7 Å². The molecule has 4 nitrogen and oxygen atoms in total. The predicted octanol–water partition coefficient (Wildman–Crippen LogP) is 2.57. The van der Waals surface area contributed by atoms with E-state index in [2.05, 4.69) is 5.32 Å². The number of fused-ring (bicyclic) bond motifs is 1. The van der Waals surface area contributed by atoms with Gasteiger partial charge in [-0.3, -0.25) is 0 Å². The summed E-state index contributed by atoms with van der Waals surface area (Å²) in [5.41, 5.74) is 0.976. The van der Waals surface area contributed by atoms with Crippen molar-refractivity contribution in [2.45, 2.75) is 25.9 Å². The predicted molar refractivity (Wildman–Crippen MR) is 79.9 cm³/mol. The van der Waals surface area contributed by atoms with E-state index in [-0.39, 0.29) is 0 Å². The van der Waals surface area contributed by atoms with Crippen LogP contribution < -0.4 is 5.32 Å². The second-order valence-electron chi connectivity index (χ2n) is 5.37. The fraction of sp³-hybridized carbons (Fsp3) is 0.500. The molecule has 1 aromatic carbocycles. The highest BCUT2D eigenvalue weighted by Crippen LogP contribution is 2.31. The van der Waals surface area contributed by atoms with E-state index in [0.717, 1.165) is 23.1 Å². The average molecular weight is 277 g/mol. The maximum absolute atomic E-state index is 10.6. The summed E-state index contributed by atoms with van der Waals surface area (Å²) in [6, 6.07) is 7.94. The largest absolute Gasteiger partial charge is 0.458 e. The minimum absolute atomic E-state index is 0.593. The Morgan fingerprint density at radius 3 is 2.85 bits per heavy atom. The Labute approximate surface area is 119 Å². The van der Waals surface area contributed by atoms with Crippen LogP contribution in [0.15, 0.2) is 28.7 Å². The minimum Gasteiger partial charge on any atom is -0.458 e. The smallest absolute Gasteiger partial charge is 0.137 e. The van der Waals surface area contributed by atoms with Crippen LogP contribution >= 0.6 is 0 Å². The van der Waals surface area contributed by atoms with Crippen molar-refractivity contribution in [3.63, 3.8) is 0 Å². The zero-order chi connectivity index (χ0) is 14.6. The van der Waals surface area contributed by atoms with Crippen molar-refractivity contribution in [3.05, 3.63) is 35.6 Å². The van der Waals surface area contributed by atoms with Crippen molar-refractivity contribution in [2.24, 2.45) is 0 Å². The lowest BCUT2D eigenvalue weighted by Gasteiger charge is -2.20. The molecule has 2 N–H and O–H groups in total. The molecule has 1 atom stereocenters. The topological polar surface area (TPSA) is 54.6 Å². The highest BCUT2D eigenvalue weighted by molar-refractivity contribution is 5.81. The summed E-state index contributed by atoms with van der Waals surface area (Å²) in [5.74, 6) is 0.621. The molecule has 0 aliphatic carbocycles. The molecule has 0 amide bonds. The first-order valence-electron chi connectivity index (χ1n) is 6.96. The number of hydrogen-bond acceptors (Lipinski definition) is 4. The molecular weight excluding hydrogens is 254 g/mol. The molecule has 2 rings (SSSR count). The van der Waals surface area contributed by atoms with Gasteiger partial charge in [0, 0.05) is 19.0 Å². The molecule has 110 valence electrons. The number of hydrogen-bond donors (Lipinski definition) is 2. The molecule has 0 spiro atoms. The van der Waals surface area contributed by atoms with Gasteiger partial charge in [-0.25, -0.2) is 0 Å². The molecule has 0 saturated carbocycles. The van der Waals surface area contributed by atoms with Crippen LogP contribution in [0.3, 0.4) is 0 Å². The Bertz CT molecular complexity index is 560. The highest BCUT2D eigenvalue weighted by atomic mass is 16.5. The van der Waals surface area contributed by atoms with Gasteiger partial charge in [0.2, 0.25) is 0 Å². The molecule has 20 heavy (non-hydrogen) atoms. The lowest BCUT2D eigenvalue weighted by Crippen LogP contribution is -2.29. The number of nitrogens with one attached hydrogen (secondary N) is 1. The summed E-state index contributed by atoms with van der Waals surface area (Å²) in [4.78, 5) is 0. The van der Waals surface area contributed by atoms with Crippen molar-refractivity contribution in [1.29, 1.82) is 0 Å². The molecular formula is C16H23NO3. The molecule has 1 aromatic heterocycles. The Morgan fingerprint density at radius 1 is 1.35 bits per heavy atom. The van der Waals surface area contributed by atoms with Gasteiger partial charge >= 0.3 is 0 Å². The molecule has 0 radical (unpaired) electrons. The molecule has 0 aliphatic heterocycles. The van der Waals surface area contributed by atoms with E-state index in [4.69, 9.17) is 9.15 Å². The maximum Gasteiger partial charge on any atom is 0.137 e. The van der Waals surface area contributed by atoms with Gasteiger partial charge in [-0.1, -0.05) is 18.2 Å². The number of ether oxygens (including phenoxy) is 1. The van der Waals surface area contributed by atoms with Crippen LogP contribution in [0.4, 0.5) is 0 Å². The number of furan rings is 1. The average Bonchev–Trinajstić information content (AvgIpc) is 2.85. The number of aryl methyl sites for hydroxylation is 1. The summed E-state index contributed by atoms with van der Waals surface area (Å²) in [5, 5.41) is 14.8. The van der Waals surface area contributed by atoms with E-state index in [1.165, 1.54) is 0 Å². The third-order valence-electron chi connectivity index (χ3n) is 3.54. The van der Waals surface area contributed by atoms with Gasteiger partial charge < -0.3 is 19.6 Å². The van der Waals surface area contributed by atoms with Gasteiger partial charge in [-0.2, -0.15) is 0 Å². The van der Waals surface area contributed by atoms with Gasteiger partial charge in [0.1, 0.15) is 16.9 Å². The number of methoxy groups -OCH3 is 1. The van der Waals surface area contributed by atoms with Crippen molar-refractivity contribution in [3.8, 4) is 0 Å². The second-order valence-corrected chi connectivity index (χ2v) is 5.37. The van der Waals surface area contributed by atoms with E-state index >= 15 is 0 Å². The Kier molecular flexibility index (Phi) is 4.81. The Hall–Kier alpha value is -1.36. The van der Waals surface area contributed by atoms with Gasteiger partial charge in [0.05, 0.1) is 6.61 Å². The number of benzene rings is 1. The lowest BCUT2D eigenvalue weighted by molar-refractivity contribution is 0.0268. The molecule has 1 unspecified atom stereocenters. The van der Waals surface area contributed by atoms with Crippen molar-refractivity contribution in [1.82, 2.24) is 5.32 Å². The standard InChI is InChI=1S/C16H23NO3/c1-12-5-4-6-13-11-14(20-15(12)13)16(2,18)7-8-17-9-10-19-3/h4-6,11,17-18H,7-10H2,1-3H3. The first-order valence-corrected chi connectivity index (χ1v) is 6.96. The monoisotopic (exact) mass is 277 g/mol. The summed E-state index contributed by atoms with van der Waals surface area (Å²) >= 11 is 0.